The van der Waals surface area contributed by atoms with Gasteiger partial charge in [0, 0.05) is 12.2 Å². The first-order valence-corrected chi connectivity index (χ1v) is 6.12. The van der Waals surface area contributed by atoms with Gasteiger partial charge in [0.05, 0.1) is 5.56 Å². The highest BCUT2D eigenvalue weighted by Crippen LogP contribution is 2.26. The summed E-state index contributed by atoms with van der Waals surface area (Å²) in [6.45, 7) is 2.23. The lowest BCUT2D eigenvalue weighted by atomic mass is 9.86. The first-order chi connectivity index (χ1) is 8.16. The molecule has 0 aromatic carbocycles. The molecule has 0 aliphatic heterocycles. The van der Waals surface area contributed by atoms with Crippen molar-refractivity contribution in [2.24, 2.45) is 5.92 Å². The zero-order valence-electron chi connectivity index (χ0n) is 10.0. The molecule has 92 valence electrons. The number of carboxylic acid groups (broad SMARTS) is 1. The number of pyridine rings is 1. The minimum absolute atomic E-state index is 0.283. The average Bonchev–Trinajstić information content (AvgIpc) is 2.32. The summed E-state index contributed by atoms with van der Waals surface area (Å²) in [5.74, 6) is 0.384. The van der Waals surface area contributed by atoms with Crippen molar-refractivity contribution in [1.29, 1.82) is 0 Å². The van der Waals surface area contributed by atoms with Crippen LogP contribution in [0.25, 0.3) is 0 Å². The second-order valence-corrected chi connectivity index (χ2v) is 4.75. The van der Waals surface area contributed by atoms with E-state index in [1.165, 1.54) is 25.3 Å². The van der Waals surface area contributed by atoms with Crippen molar-refractivity contribution in [1.82, 2.24) is 4.98 Å². The molecule has 0 radical (unpaired) electrons. The van der Waals surface area contributed by atoms with Crippen molar-refractivity contribution < 1.29 is 9.90 Å². The Balaban J connectivity index is 2.07. The summed E-state index contributed by atoms with van der Waals surface area (Å²) >= 11 is 0. The van der Waals surface area contributed by atoms with Gasteiger partial charge in [0.25, 0.3) is 0 Å². The number of anilines is 1. The van der Waals surface area contributed by atoms with E-state index in [0.29, 0.717) is 17.8 Å². The summed E-state index contributed by atoms with van der Waals surface area (Å²) in [6.07, 6.45) is 6.44. The molecular weight excluding hydrogens is 216 g/mol. The highest BCUT2D eigenvalue weighted by Gasteiger charge is 2.21. The molecule has 0 unspecified atom stereocenters. The second kappa shape index (κ2) is 5.17. The molecule has 2 atom stereocenters. The van der Waals surface area contributed by atoms with Crippen molar-refractivity contribution in [2.75, 3.05) is 5.32 Å². The number of aromatic nitrogens is 1. The van der Waals surface area contributed by atoms with E-state index in [1.54, 1.807) is 12.3 Å². The number of carboxylic acids is 1. The smallest absolute Gasteiger partial charge is 0.335 e. The van der Waals surface area contributed by atoms with Crippen molar-refractivity contribution in [3.8, 4) is 0 Å². The molecule has 17 heavy (non-hydrogen) atoms. The molecule has 1 heterocycles. The third-order valence-corrected chi connectivity index (χ3v) is 3.45. The van der Waals surface area contributed by atoms with Gasteiger partial charge < -0.3 is 10.4 Å². The van der Waals surface area contributed by atoms with E-state index in [0.717, 1.165) is 6.42 Å². The van der Waals surface area contributed by atoms with Crippen LogP contribution >= 0.6 is 0 Å². The van der Waals surface area contributed by atoms with Gasteiger partial charge in [0.15, 0.2) is 0 Å². The number of rotatable bonds is 3. The van der Waals surface area contributed by atoms with Crippen LogP contribution in [0.2, 0.25) is 0 Å². The Kier molecular flexibility index (Phi) is 3.61. The van der Waals surface area contributed by atoms with E-state index in [9.17, 15) is 4.79 Å². The molecule has 1 saturated carbocycles. The normalized spacial score (nSPS) is 24.3. The lowest BCUT2D eigenvalue weighted by Crippen LogP contribution is -2.30. The van der Waals surface area contributed by atoms with Gasteiger partial charge in [0.2, 0.25) is 0 Å². The molecule has 1 aliphatic rings. The fraction of sp³-hybridized carbons (Fsp3) is 0.538. The van der Waals surface area contributed by atoms with Crippen molar-refractivity contribution >= 4 is 11.8 Å². The third-order valence-electron chi connectivity index (χ3n) is 3.45. The largest absolute Gasteiger partial charge is 0.478 e. The Bertz CT molecular complexity index is 406. The maximum Gasteiger partial charge on any atom is 0.335 e. The molecule has 1 fully saturated rings. The average molecular weight is 234 g/mol. The van der Waals surface area contributed by atoms with Gasteiger partial charge in [-0.2, -0.15) is 0 Å². The van der Waals surface area contributed by atoms with Crippen LogP contribution in [0.3, 0.4) is 0 Å². The second-order valence-electron chi connectivity index (χ2n) is 4.75. The molecule has 4 heteroatoms. The van der Waals surface area contributed by atoms with E-state index in [2.05, 4.69) is 17.2 Å². The van der Waals surface area contributed by atoms with Crippen LogP contribution in [0, 0.1) is 5.92 Å². The first-order valence-electron chi connectivity index (χ1n) is 6.12. The van der Waals surface area contributed by atoms with Crippen LogP contribution in [-0.2, 0) is 0 Å². The van der Waals surface area contributed by atoms with Crippen LogP contribution in [-0.4, -0.2) is 22.1 Å². The van der Waals surface area contributed by atoms with Gasteiger partial charge in [-0.3, -0.25) is 0 Å². The maximum absolute atomic E-state index is 10.9. The number of hydrogen-bond donors (Lipinski definition) is 2. The molecule has 0 bridgehead atoms. The van der Waals surface area contributed by atoms with Gasteiger partial charge in [-0.15, -0.1) is 0 Å². The molecule has 1 aliphatic carbocycles. The SMILES string of the molecule is C[C@@H]1CCCC[C@@H]1Nc1cc(C(=O)O)ccn1. The summed E-state index contributed by atoms with van der Waals surface area (Å²) in [6, 6.07) is 3.53. The molecule has 0 amide bonds. The first kappa shape index (κ1) is 11.9. The van der Waals surface area contributed by atoms with Gasteiger partial charge in [-0.1, -0.05) is 19.8 Å². The molecule has 0 saturated heterocycles. The number of aromatic carboxylic acids is 1. The van der Waals surface area contributed by atoms with Gasteiger partial charge in [-0.05, 0) is 30.9 Å². The Morgan fingerprint density at radius 1 is 1.47 bits per heavy atom. The van der Waals surface area contributed by atoms with Crippen LogP contribution in [0.15, 0.2) is 18.3 Å². The molecule has 0 spiro atoms. The highest BCUT2D eigenvalue weighted by atomic mass is 16.4. The van der Waals surface area contributed by atoms with Crippen molar-refractivity contribution in [3.63, 3.8) is 0 Å². The van der Waals surface area contributed by atoms with Crippen LogP contribution in [0.5, 0.6) is 0 Å². The summed E-state index contributed by atoms with van der Waals surface area (Å²) in [4.78, 5) is 15.0. The van der Waals surface area contributed by atoms with Crippen molar-refractivity contribution in [2.45, 2.75) is 38.6 Å². The van der Waals surface area contributed by atoms with E-state index >= 15 is 0 Å². The fourth-order valence-electron chi connectivity index (χ4n) is 2.36. The number of nitrogens with one attached hydrogen (secondary N) is 1. The Labute approximate surface area is 101 Å². The zero-order chi connectivity index (χ0) is 12.3. The molecule has 2 N–H and O–H groups in total. The van der Waals surface area contributed by atoms with Crippen LogP contribution < -0.4 is 5.32 Å². The lowest BCUT2D eigenvalue weighted by molar-refractivity contribution is 0.0697. The van der Waals surface area contributed by atoms with E-state index in [-0.39, 0.29) is 5.56 Å². The Morgan fingerprint density at radius 3 is 2.94 bits per heavy atom. The van der Waals surface area contributed by atoms with Gasteiger partial charge in [-0.25, -0.2) is 9.78 Å². The zero-order valence-corrected chi connectivity index (χ0v) is 10.0. The molecule has 1 aromatic rings. The summed E-state index contributed by atoms with van der Waals surface area (Å²) < 4.78 is 0. The fourth-order valence-corrected chi connectivity index (χ4v) is 2.36. The van der Waals surface area contributed by atoms with Gasteiger partial charge in [0.1, 0.15) is 5.82 Å². The topological polar surface area (TPSA) is 62.2 Å². The monoisotopic (exact) mass is 234 g/mol. The van der Waals surface area contributed by atoms with E-state index in [1.807, 2.05) is 0 Å². The van der Waals surface area contributed by atoms with Crippen molar-refractivity contribution in [3.05, 3.63) is 23.9 Å². The van der Waals surface area contributed by atoms with Crippen LogP contribution in [0.1, 0.15) is 43.0 Å². The third kappa shape index (κ3) is 2.96. The predicted molar refractivity (Wildman–Crippen MR) is 66.2 cm³/mol. The van der Waals surface area contributed by atoms with E-state index < -0.39 is 5.97 Å². The maximum atomic E-state index is 10.9. The Hall–Kier alpha value is -1.58. The molecule has 4 nitrogen and oxygen atoms in total. The number of hydrogen-bond acceptors (Lipinski definition) is 3. The van der Waals surface area contributed by atoms with E-state index in [4.69, 9.17) is 5.11 Å². The number of carbonyl (C=O) groups is 1. The molecule has 1 aromatic heterocycles. The Morgan fingerprint density at radius 2 is 2.24 bits per heavy atom. The molecule has 2 rings (SSSR count). The lowest BCUT2D eigenvalue weighted by Gasteiger charge is -2.29. The standard InChI is InChI=1S/C13H18N2O2/c1-9-4-2-3-5-11(9)15-12-8-10(13(16)17)6-7-14-12/h6-9,11H,2-5H2,1H3,(H,14,15)(H,16,17)/t9-,11+/m1/s1. The van der Waals surface area contributed by atoms with Crippen LogP contribution in [0.4, 0.5) is 5.82 Å². The minimum Gasteiger partial charge on any atom is -0.478 e. The summed E-state index contributed by atoms with van der Waals surface area (Å²) in [7, 11) is 0. The van der Waals surface area contributed by atoms with Gasteiger partial charge >= 0.3 is 5.97 Å². The summed E-state index contributed by atoms with van der Waals surface area (Å²) in [5.41, 5.74) is 0.283. The quantitative estimate of drug-likeness (QED) is 0.844. The summed E-state index contributed by atoms with van der Waals surface area (Å²) in [5, 5.41) is 12.3. The predicted octanol–water partition coefficient (Wildman–Crippen LogP) is 2.77. The molecular formula is C13H18N2O2. The number of nitrogens with zero attached hydrogens (tertiary/aromatic N) is 1. The minimum atomic E-state index is -0.910. The highest BCUT2D eigenvalue weighted by molar-refractivity contribution is 5.88.